The van der Waals surface area contributed by atoms with Crippen molar-refractivity contribution < 1.29 is 25.9 Å². The van der Waals surface area contributed by atoms with Gasteiger partial charge in [0.1, 0.15) is 0 Å². The molecule has 0 saturated carbocycles. The topological polar surface area (TPSA) is 73.7 Å². The van der Waals surface area contributed by atoms with Crippen LogP contribution in [0.1, 0.15) is 10.4 Å². The van der Waals surface area contributed by atoms with Gasteiger partial charge in [-0.25, -0.2) is 0 Å². The van der Waals surface area contributed by atoms with Crippen LogP contribution in [0, 0.1) is 0 Å². The average molecular weight is 371 g/mol. The molecule has 0 aliphatic rings. The molecular weight excluding hydrogens is 364 g/mol. The number of hydrogen-bond acceptors (Lipinski definition) is 2. The Bertz CT molecular complexity index is 563. The number of aromatic amines is 1. The van der Waals surface area contributed by atoms with E-state index in [-0.39, 0.29) is 32.1 Å². The van der Waals surface area contributed by atoms with Gasteiger partial charge in [-0.3, -0.25) is 4.79 Å². The minimum absolute atomic E-state index is 0. The summed E-state index contributed by atoms with van der Waals surface area (Å²) in [6, 6.07) is 6.88. The molecular formula is C10H7N2O2W+. The van der Waals surface area contributed by atoms with Crippen molar-refractivity contribution in [2.75, 3.05) is 0 Å². The van der Waals surface area contributed by atoms with E-state index in [1.807, 2.05) is 0 Å². The van der Waals surface area contributed by atoms with Crippen LogP contribution in [0.5, 0.6) is 0 Å². The molecule has 0 saturated heterocycles. The van der Waals surface area contributed by atoms with Crippen LogP contribution < -0.4 is 5.43 Å². The third-order valence-corrected chi connectivity index (χ3v) is 2.03. The first-order valence-electron chi connectivity index (χ1n) is 4.06. The van der Waals surface area contributed by atoms with Gasteiger partial charge in [-0.15, -0.1) is 0 Å². The van der Waals surface area contributed by atoms with Crippen LogP contribution in [0.25, 0.3) is 16.6 Å². The molecule has 2 rings (SSSR count). The summed E-state index contributed by atoms with van der Waals surface area (Å²) in [5, 5.41) is 0.436. The number of carbonyl (C=O) groups is 1. The summed E-state index contributed by atoms with van der Waals surface area (Å²) >= 11 is 0. The van der Waals surface area contributed by atoms with Crippen molar-refractivity contribution in [1.82, 2.24) is 4.98 Å². The first-order valence-corrected chi connectivity index (χ1v) is 4.06. The van der Waals surface area contributed by atoms with E-state index >= 15 is 0 Å². The van der Waals surface area contributed by atoms with E-state index < -0.39 is 5.91 Å². The molecule has 1 aromatic heterocycles. The van der Waals surface area contributed by atoms with Crippen LogP contribution in [0.2, 0.25) is 0 Å². The van der Waals surface area contributed by atoms with Crippen LogP contribution in [0.4, 0.5) is 0 Å². The number of hydrogen-bond donors (Lipinski definition) is 1. The Morgan fingerprint density at radius 1 is 1.27 bits per heavy atom. The van der Waals surface area contributed by atoms with Crippen LogP contribution in [0.3, 0.4) is 0 Å². The maximum atomic E-state index is 11.6. The Kier molecular flexibility index (Phi) is 3.43. The van der Waals surface area contributed by atoms with Gasteiger partial charge < -0.3 is 15.5 Å². The number of H-pyrrole nitrogens is 1. The molecule has 5 heteroatoms. The maximum absolute atomic E-state index is 11.6. The second kappa shape index (κ2) is 4.41. The summed E-state index contributed by atoms with van der Waals surface area (Å²) in [5.41, 5.74) is 7.03. The predicted molar refractivity (Wildman–Crippen MR) is 53.2 cm³/mol. The Hall–Kier alpha value is -1.41. The first-order chi connectivity index (χ1) is 6.70. The van der Waals surface area contributed by atoms with Gasteiger partial charge in [-0.2, -0.15) is 0 Å². The number of amides is 1. The quantitative estimate of drug-likeness (QED) is 0.829. The SMILES string of the molecule is [NH-]C(=O)c1c[nH]c2ccccc2c1=O.[W+2]. The Labute approximate surface area is 99.7 Å². The minimum atomic E-state index is -0.961. The average Bonchev–Trinajstić information content (AvgIpc) is 2.18. The predicted octanol–water partition coefficient (Wildman–Crippen LogP) is 1.72. The molecule has 0 fully saturated rings. The van der Waals surface area contributed by atoms with Crippen molar-refractivity contribution in [3.8, 4) is 0 Å². The number of pyridine rings is 1. The monoisotopic (exact) mass is 371 g/mol. The molecule has 1 heterocycles. The molecule has 0 unspecified atom stereocenters. The van der Waals surface area contributed by atoms with Crippen LogP contribution in [-0.2, 0) is 21.1 Å². The second-order valence-electron chi connectivity index (χ2n) is 2.91. The molecule has 0 spiro atoms. The van der Waals surface area contributed by atoms with Gasteiger partial charge in [0.25, 0.3) is 0 Å². The molecule has 0 aliphatic heterocycles. The van der Waals surface area contributed by atoms with Gasteiger partial charge in [-0.1, -0.05) is 12.1 Å². The molecule has 4 nitrogen and oxygen atoms in total. The van der Waals surface area contributed by atoms with Crippen LogP contribution in [0.15, 0.2) is 35.3 Å². The molecule has 0 radical (unpaired) electrons. The Morgan fingerprint density at radius 3 is 2.60 bits per heavy atom. The number of benzene rings is 1. The van der Waals surface area contributed by atoms with Gasteiger partial charge >= 0.3 is 21.1 Å². The van der Waals surface area contributed by atoms with Crippen molar-refractivity contribution in [1.29, 1.82) is 0 Å². The van der Waals surface area contributed by atoms with Crippen molar-refractivity contribution in [2.45, 2.75) is 0 Å². The molecule has 2 N–H and O–H groups in total. The summed E-state index contributed by atoms with van der Waals surface area (Å²) in [7, 11) is 0. The molecule has 1 amide bonds. The molecule has 15 heavy (non-hydrogen) atoms. The first kappa shape index (κ1) is 11.7. The Morgan fingerprint density at radius 2 is 1.93 bits per heavy atom. The summed E-state index contributed by atoms with van der Waals surface area (Å²) in [6.07, 6.45) is 1.28. The second-order valence-corrected chi connectivity index (χ2v) is 2.91. The summed E-state index contributed by atoms with van der Waals surface area (Å²) in [6.45, 7) is 0. The molecule has 0 aliphatic carbocycles. The van der Waals surface area contributed by atoms with Crippen molar-refractivity contribution in [3.63, 3.8) is 0 Å². The van der Waals surface area contributed by atoms with E-state index in [1.54, 1.807) is 24.3 Å². The summed E-state index contributed by atoms with van der Waals surface area (Å²) in [4.78, 5) is 25.2. The van der Waals surface area contributed by atoms with Crippen LogP contribution in [-0.4, -0.2) is 10.9 Å². The summed E-state index contributed by atoms with van der Waals surface area (Å²) in [5.74, 6) is -0.961. The fourth-order valence-electron chi connectivity index (χ4n) is 1.34. The largest absolute Gasteiger partial charge is 2.00 e. The smallest absolute Gasteiger partial charge is 0.663 e. The van der Waals surface area contributed by atoms with E-state index in [0.29, 0.717) is 10.9 Å². The zero-order valence-corrected chi connectivity index (χ0v) is 10.5. The summed E-state index contributed by atoms with van der Waals surface area (Å²) < 4.78 is 0. The van der Waals surface area contributed by atoms with Gasteiger partial charge in [0.05, 0.1) is 11.5 Å². The molecule has 1 aromatic carbocycles. The number of para-hydroxylation sites is 1. The number of nitrogens with one attached hydrogen (secondary N) is 2. The molecule has 0 atom stereocenters. The fourth-order valence-corrected chi connectivity index (χ4v) is 1.34. The zero-order chi connectivity index (χ0) is 10.1. The molecule has 74 valence electrons. The van der Waals surface area contributed by atoms with Crippen molar-refractivity contribution >= 4 is 16.8 Å². The fraction of sp³-hybridized carbons (Fsp3) is 0. The third-order valence-electron chi connectivity index (χ3n) is 2.03. The van der Waals surface area contributed by atoms with Gasteiger partial charge in [0.2, 0.25) is 0 Å². The standard InChI is InChI=1S/C10H8N2O2.W/c11-10(14)7-5-12-8-4-2-1-3-6(8)9(7)13;/h1-5H,(H3,11,12,13,14);/q;+2/p-1. The van der Waals surface area contributed by atoms with Gasteiger partial charge in [0.15, 0.2) is 5.43 Å². The van der Waals surface area contributed by atoms with E-state index in [1.165, 1.54) is 6.20 Å². The zero-order valence-electron chi connectivity index (χ0n) is 7.61. The van der Waals surface area contributed by atoms with Gasteiger partial charge in [-0.05, 0) is 12.1 Å². The normalized spacial score (nSPS) is 9.60. The molecule has 2 aromatic rings. The number of rotatable bonds is 1. The van der Waals surface area contributed by atoms with E-state index in [2.05, 4.69) is 4.98 Å². The van der Waals surface area contributed by atoms with E-state index in [9.17, 15) is 9.59 Å². The Balaban J connectivity index is 0.00000112. The van der Waals surface area contributed by atoms with Crippen molar-refractivity contribution in [3.05, 3.63) is 52.0 Å². The van der Waals surface area contributed by atoms with E-state index in [0.717, 1.165) is 0 Å². The third kappa shape index (κ3) is 2.00. The van der Waals surface area contributed by atoms with Gasteiger partial charge in [0, 0.05) is 17.1 Å². The minimum Gasteiger partial charge on any atom is -0.663 e. The number of carbonyl (C=O) groups excluding carboxylic acids is 1. The number of fused-ring (bicyclic) bond motifs is 1. The molecule has 0 bridgehead atoms. The van der Waals surface area contributed by atoms with Crippen molar-refractivity contribution in [2.24, 2.45) is 0 Å². The maximum Gasteiger partial charge on any atom is 2.00 e. The number of aromatic nitrogens is 1. The van der Waals surface area contributed by atoms with E-state index in [4.69, 9.17) is 5.73 Å². The van der Waals surface area contributed by atoms with Crippen LogP contribution >= 0.6 is 0 Å².